The van der Waals surface area contributed by atoms with Crippen molar-refractivity contribution in [3.05, 3.63) is 0 Å². The number of fused-ring (bicyclic) bond motifs is 1. The minimum atomic E-state index is 0.397. The van der Waals surface area contributed by atoms with Crippen LogP contribution in [0.25, 0.3) is 0 Å². The lowest BCUT2D eigenvalue weighted by molar-refractivity contribution is -0.132. The Morgan fingerprint density at radius 3 is 2.38 bits per heavy atom. The molecular formula is C10H16N2O. The summed E-state index contributed by atoms with van der Waals surface area (Å²) in [6, 6.07) is 0. The molecule has 1 saturated heterocycles. The van der Waals surface area contributed by atoms with Crippen LogP contribution in [0.15, 0.2) is 0 Å². The van der Waals surface area contributed by atoms with E-state index in [1.165, 1.54) is 0 Å². The van der Waals surface area contributed by atoms with E-state index in [1.54, 1.807) is 0 Å². The minimum absolute atomic E-state index is 0.397. The van der Waals surface area contributed by atoms with Crippen LogP contribution in [0.1, 0.15) is 12.8 Å². The zero-order chi connectivity index (χ0) is 9.00. The van der Waals surface area contributed by atoms with Crippen LogP contribution in [0.3, 0.4) is 0 Å². The molecule has 3 aliphatic rings. The summed E-state index contributed by atoms with van der Waals surface area (Å²) < 4.78 is 0. The Morgan fingerprint density at radius 2 is 1.92 bits per heavy atom. The highest BCUT2D eigenvalue weighted by Gasteiger charge is 2.56. The lowest BCUT2D eigenvalue weighted by Crippen LogP contribution is -2.33. The standard InChI is InChI=1S/C10H16N2O/c11-3-7-8-4-12(5-9(7)8)10(13)6-1-2-6/h6-9H,1-5,11H2. The minimum Gasteiger partial charge on any atom is -0.342 e. The zero-order valence-electron chi connectivity index (χ0n) is 7.78. The monoisotopic (exact) mass is 180 g/mol. The molecule has 3 rings (SSSR count). The average molecular weight is 180 g/mol. The number of carbonyl (C=O) groups excluding carboxylic acids is 1. The first-order valence-corrected chi connectivity index (χ1v) is 5.30. The summed E-state index contributed by atoms with van der Waals surface area (Å²) in [4.78, 5) is 13.7. The fraction of sp³-hybridized carbons (Fsp3) is 0.900. The van der Waals surface area contributed by atoms with Gasteiger partial charge in [0.2, 0.25) is 5.91 Å². The molecule has 1 aliphatic heterocycles. The zero-order valence-corrected chi connectivity index (χ0v) is 7.78. The van der Waals surface area contributed by atoms with E-state index in [1.807, 2.05) is 0 Å². The molecule has 13 heavy (non-hydrogen) atoms. The molecule has 2 unspecified atom stereocenters. The summed E-state index contributed by atoms with van der Waals surface area (Å²) in [5.41, 5.74) is 5.61. The van der Waals surface area contributed by atoms with Gasteiger partial charge in [-0.2, -0.15) is 0 Å². The van der Waals surface area contributed by atoms with Crippen molar-refractivity contribution in [3.8, 4) is 0 Å². The fourth-order valence-corrected chi connectivity index (χ4v) is 2.77. The van der Waals surface area contributed by atoms with Crippen molar-refractivity contribution in [2.75, 3.05) is 19.6 Å². The lowest BCUT2D eigenvalue weighted by Gasteiger charge is -2.19. The van der Waals surface area contributed by atoms with Gasteiger partial charge in [-0.05, 0) is 37.1 Å². The summed E-state index contributed by atoms with van der Waals surface area (Å²) in [5, 5.41) is 0. The third kappa shape index (κ3) is 1.10. The van der Waals surface area contributed by atoms with E-state index >= 15 is 0 Å². The molecular weight excluding hydrogens is 164 g/mol. The second-order valence-electron chi connectivity index (χ2n) is 4.74. The number of hydrogen-bond acceptors (Lipinski definition) is 2. The predicted molar refractivity (Wildman–Crippen MR) is 48.8 cm³/mol. The molecule has 2 atom stereocenters. The van der Waals surface area contributed by atoms with Gasteiger partial charge in [0.25, 0.3) is 0 Å². The molecule has 1 heterocycles. The van der Waals surface area contributed by atoms with Gasteiger partial charge >= 0.3 is 0 Å². The Kier molecular flexibility index (Phi) is 1.48. The third-order valence-corrected chi connectivity index (χ3v) is 3.88. The summed E-state index contributed by atoms with van der Waals surface area (Å²) in [7, 11) is 0. The van der Waals surface area contributed by atoms with Gasteiger partial charge in [-0.1, -0.05) is 0 Å². The maximum atomic E-state index is 11.7. The van der Waals surface area contributed by atoms with Crippen LogP contribution in [-0.2, 0) is 4.79 Å². The van der Waals surface area contributed by atoms with Crippen LogP contribution in [0.5, 0.6) is 0 Å². The summed E-state index contributed by atoms with van der Waals surface area (Å²) in [6.07, 6.45) is 2.26. The molecule has 3 fully saturated rings. The molecule has 3 nitrogen and oxygen atoms in total. The van der Waals surface area contributed by atoms with E-state index in [2.05, 4.69) is 4.90 Å². The average Bonchev–Trinajstić information content (AvgIpc) is 3.04. The number of likely N-dealkylation sites (tertiary alicyclic amines) is 1. The third-order valence-electron chi connectivity index (χ3n) is 3.88. The van der Waals surface area contributed by atoms with E-state index in [-0.39, 0.29) is 0 Å². The molecule has 0 aromatic heterocycles. The fourth-order valence-electron chi connectivity index (χ4n) is 2.77. The largest absolute Gasteiger partial charge is 0.342 e. The number of hydrogen-bond donors (Lipinski definition) is 1. The number of carbonyl (C=O) groups is 1. The van der Waals surface area contributed by atoms with Gasteiger partial charge < -0.3 is 10.6 Å². The first-order chi connectivity index (χ1) is 6.31. The van der Waals surface area contributed by atoms with E-state index in [0.29, 0.717) is 11.8 Å². The normalized spacial score (nSPS) is 41.9. The topological polar surface area (TPSA) is 46.3 Å². The number of rotatable bonds is 2. The van der Waals surface area contributed by atoms with Gasteiger partial charge in [0, 0.05) is 19.0 Å². The smallest absolute Gasteiger partial charge is 0.225 e. The Balaban J connectivity index is 1.58. The molecule has 72 valence electrons. The molecule has 0 aromatic carbocycles. The highest BCUT2D eigenvalue weighted by atomic mass is 16.2. The van der Waals surface area contributed by atoms with Crippen molar-refractivity contribution >= 4 is 5.91 Å². The Hall–Kier alpha value is -0.570. The number of nitrogens with two attached hydrogens (primary N) is 1. The van der Waals surface area contributed by atoms with Crippen LogP contribution < -0.4 is 5.73 Å². The predicted octanol–water partition coefficient (Wildman–Crippen LogP) is 0.0595. The number of amides is 1. The van der Waals surface area contributed by atoms with Crippen LogP contribution in [0.2, 0.25) is 0 Å². The number of nitrogens with zero attached hydrogens (tertiary/aromatic N) is 1. The first kappa shape index (κ1) is 7.80. The van der Waals surface area contributed by atoms with Gasteiger partial charge in [-0.25, -0.2) is 0 Å². The molecule has 2 N–H and O–H groups in total. The first-order valence-electron chi connectivity index (χ1n) is 5.30. The maximum Gasteiger partial charge on any atom is 0.225 e. The maximum absolute atomic E-state index is 11.7. The van der Waals surface area contributed by atoms with Crippen molar-refractivity contribution in [1.82, 2.24) is 4.90 Å². The van der Waals surface area contributed by atoms with Gasteiger partial charge in [0.05, 0.1) is 0 Å². The molecule has 0 aromatic rings. The Morgan fingerprint density at radius 1 is 1.31 bits per heavy atom. The Labute approximate surface area is 78.3 Å². The Bertz CT molecular complexity index is 237. The highest BCUT2D eigenvalue weighted by molar-refractivity contribution is 5.81. The second-order valence-corrected chi connectivity index (χ2v) is 4.74. The molecule has 2 saturated carbocycles. The van der Waals surface area contributed by atoms with Gasteiger partial charge in [-0.15, -0.1) is 0 Å². The van der Waals surface area contributed by atoms with E-state index in [4.69, 9.17) is 5.73 Å². The van der Waals surface area contributed by atoms with Crippen LogP contribution in [0.4, 0.5) is 0 Å². The van der Waals surface area contributed by atoms with Crippen molar-refractivity contribution in [1.29, 1.82) is 0 Å². The van der Waals surface area contributed by atoms with E-state index in [0.717, 1.165) is 50.2 Å². The van der Waals surface area contributed by atoms with Crippen LogP contribution in [0, 0.1) is 23.7 Å². The summed E-state index contributed by atoms with van der Waals surface area (Å²) in [5.74, 6) is 3.07. The van der Waals surface area contributed by atoms with E-state index < -0.39 is 0 Å². The summed E-state index contributed by atoms with van der Waals surface area (Å²) in [6.45, 7) is 2.82. The molecule has 1 amide bonds. The van der Waals surface area contributed by atoms with Crippen molar-refractivity contribution in [3.63, 3.8) is 0 Å². The lowest BCUT2D eigenvalue weighted by atomic mass is 10.2. The molecule has 0 spiro atoms. The van der Waals surface area contributed by atoms with Gasteiger partial charge in [-0.3, -0.25) is 4.79 Å². The van der Waals surface area contributed by atoms with Crippen molar-refractivity contribution in [2.24, 2.45) is 29.4 Å². The van der Waals surface area contributed by atoms with Gasteiger partial charge in [0.15, 0.2) is 0 Å². The molecule has 0 bridgehead atoms. The second kappa shape index (κ2) is 2.47. The van der Waals surface area contributed by atoms with Crippen LogP contribution in [-0.4, -0.2) is 30.4 Å². The van der Waals surface area contributed by atoms with E-state index in [9.17, 15) is 4.79 Å². The summed E-state index contributed by atoms with van der Waals surface area (Å²) >= 11 is 0. The van der Waals surface area contributed by atoms with Gasteiger partial charge in [0.1, 0.15) is 0 Å². The molecule has 2 aliphatic carbocycles. The van der Waals surface area contributed by atoms with Crippen molar-refractivity contribution < 1.29 is 4.79 Å². The highest BCUT2D eigenvalue weighted by Crippen LogP contribution is 2.51. The molecule has 0 radical (unpaired) electrons. The SMILES string of the molecule is NCC1C2CN(C(=O)C3CC3)CC12. The quantitative estimate of drug-likeness (QED) is 0.653. The van der Waals surface area contributed by atoms with Crippen molar-refractivity contribution in [2.45, 2.75) is 12.8 Å². The van der Waals surface area contributed by atoms with Crippen LogP contribution >= 0.6 is 0 Å². The molecule has 3 heteroatoms. The number of piperidine rings is 1.